The first-order valence-corrected chi connectivity index (χ1v) is 6.18. The zero-order valence-corrected chi connectivity index (χ0v) is 12.1. The van der Waals surface area contributed by atoms with E-state index in [-0.39, 0.29) is 7.43 Å². The first-order valence-electron chi connectivity index (χ1n) is 6.18. The molecule has 0 heteroatoms. The monoisotopic (exact) mass is 238 g/mol. The van der Waals surface area contributed by atoms with Gasteiger partial charge in [0, 0.05) is 0 Å². The van der Waals surface area contributed by atoms with E-state index in [0.717, 1.165) is 5.92 Å². The van der Waals surface area contributed by atoms with Crippen molar-refractivity contribution in [3.8, 4) is 0 Å². The van der Waals surface area contributed by atoms with Gasteiger partial charge in [0.05, 0.1) is 0 Å². The van der Waals surface area contributed by atoms with Gasteiger partial charge in [0.25, 0.3) is 0 Å². The van der Waals surface area contributed by atoms with Gasteiger partial charge in [0.2, 0.25) is 0 Å². The largest absolute Gasteiger partial charge is 0.106 e. The number of hydrogen-bond acceptors (Lipinski definition) is 0. The molecular formula is C17H34. The molecule has 0 radical (unpaired) electrons. The zero-order valence-electron chi connectivity index (χ0n) is 12.1. The van der Waals surface area contributed by atoms with Gasteiger partial charge in [-0.1, -0.05) is 84.4 Å². The molecule has 0 fully saturated rings. The van der Waals surface area contributed by atoms with Crippen LogP contribution in [-0.4, -0.2) is 0 Å². The van der Waals surface area contributed by atoms with Gasteiger partial charge in [-0.25, -0.2) is 0 Å². The molecule has 0 aromatic heterocycles. The Balaban J connectivity index is -0.0000000758. The van der Waals surface area contributed by atoms with Crippen LogP contribution in [0.2, 0.25) is 0 Å². The SMILES string of the molecule is C.C=C.CC.CCC(C)C.Cc1ccccc1. The van der Waals surface area contributed by atoms with Gasteiger partial charge < -0.3 is 0 Å². The first kappa shape index (κ1) is 25.0. The predicted molar refractivity (Wildman–Crippen MR) is 85.6 cm³/mol. The number of hydrogen-bond donors (Lipinski definition) is 0. The highest BCUT2D eigenvalue weighted by molar-refractivity contribution is 5.11. The Kier molecular flexibility index (Phi) is 35.7. The maximum absolute atomic E-state index is 3.00. The topological polar surface area (TPSA) is 0 Å². The lowest BCUT2D eigenvalue weighted by atomic mass is 10.2. The van der Waals surface area contributed by atoms with Crippen molar-refractivity contribution in [3.05, 3.63) is 49.1 Å². The summed E-state index contributed by atoms with van der Waals surface area (Å²) in [6, 6.07) is 10.3. The summed E-state index contributed by atoms with van der Waals surface area (Å²) in [6.45, 7) is 18.7. The fourth-order valence-corrected chi connectivity index (χ4v) is 0.534. The Labute approximate surface area is 111 Å². The van der Waals surface area contributed by atoms with Gasteiger partial charge >= 0.3 is 0 Å². The number of rotatable bonds is 1. The Hall–Kier alpha value is -1.04. The van der Waals surface area contributed by atoms with E-state index in [2.05, 4.69) is 53.0 Å². The van der Waals surface area contributed by atoms with E-state index in [1.807, 2.05) is 32.0 Å². The minimum absolute atomic E-state index is 0. The summed E-state index contributed by atoms with van der Waals surface area (Å²) in [5.74, 6) is 0.884. The lowest BCUT2D eigenvalue weighted by Gasteiger charge is -1.90. The molecule has 0 N–H and O–H groups in total. The minimum atomic E-state index is 0. The van der Waals surface area contributed by atoms with E-state index in [1.54, 1.807) is 0 Å². The van der Waals surface area contributed by atoms with Gasteiger partial charge in [0.15, 0.2) is 0 Å². The fourth-order valence-electron chi connectivity index (χ4n) is 0.534. The summed E-state index contributed by atoms with van der Waals surface area (Å²) < 4.78 is 0. The normalized spacial score (nSPS) is 7.00. The van der Waals surface area contributed by atoms with Crippen LogP contribution in [-0.2, 0) is 0 Å². The Morgan fingerprint density at radius 2 is 1.29 bits per heavy atom. The summed E-state index contributed by atoms with van der Waals surface area (Å²) in [6.07, 6.45) is 1.31. The van der Waals surface area contributed by atoms with Gasteiger partial charge in [0.1, 0.15) is 0 Å². The summed E-state index contributed by atoms with van der Waals surface area (Å²) in [7, 11) is 0. The number of aryl methyl sites for hydroxylation is 1. The standard InChI is InChI=1S/C7H8.C5H12.C2H6.C2H4.CH4/c1-7-5-3-2-4-6-7;1-4-5(2)3;2*1-2;/h2-6H,1H3;5H,4H2,1-3H3;1-2H3;1-2H2;1H4. The van der Waals surface area contributed by atoms with E-state index < -0.39 is 0 Å². The van der Waals surface area contributed by atoms with Gasteiger partial charge in [-0.05, 0) is 12.8 Å². The lowest BCUT2D eigenvalue weighted by Crippen LogP contribution is -1.77. The van der Waals surface area contributed by atoms with Crippen LogP contribution in [0.1, 0.15) is 54.0 Å². The summed E-state index contributed by atoms with van der Waals surface area (Å²) in [5.41, 5.74) is 1.32. The molecule has 1 aromatic carbocycles. The third-order valence-electron chi connectivity index (χ3n) is 1.76. The minimum Gasteiger partial charge on any atom is -0.106 e. The molecule has 1 aromatic rings. The molecule has 0 bridgehead atoms. The van der Waals surface area contributed by atoms with Gasteiger partial charge in [-0.2, -0.15) is 0 Å². The van der Waals surface area contributed by atoms with Crippen LogP contribution in [0.3, 0.4) is 0 Å². The molecule has 1 rings (SSSR count). The van der Waals surface area contributed by atoms with Crippen LogP contribution < -0.4 is 0 Å². The molecule has 0 unspecified atom stereocenters. The molecule has 102 valence electrons. The second-order valence-electron chi connectivity index (χ2n) is 3.46. The molecule has 0 aliphatic rings. The number of benzene rings is 1. The highest BCUT2D eigenvalue weighted by Crippen LogP contribution is 1.94. The van der Waals surface area contributed by atoms with Crippen molar-refractivity contribution >= 4 is 0 Å². The molecule has 0 saturated heterocycles. The molecule has 0 atom stereocenters. The van der Waals surface area contributed by atoms with Crippen molar-refractivity contribution in [2.45, 2.75) is 55.4 Å². The second-order valence-corrected chi connectivity index (χ2v) is 3.46. The molecule has 0 aliphatic carbocycles. The smallest absolute Gasteiger partial charge is 0.0398 e. The van der Waals surface area contributed by atoms with Crippen LogP contribution >= 0.6 is 0 Å². The molecule has 0 aliphatic heterocycles. The Morgan fingerprint density at radius 3 is 1.41 bits per heavy atom. The van der Waals surface area contributed by atoms with Crippen LogP contribution in [0.5, 0.6) is 0 Å². The van der Waals surface area contributed by atoms with E-state index >= 15 is 0 Å². The summed E-state index contributed by atoms with van der Waals surface area (Å²) in [4.78, 5) is 0. The molecule has 0 nitrogen and oxygen atoms in total. The highest BCUT2D eigenvalue weighted by atomic mass is 13.9. The average Bonchev–Trinajstić information content (AvgIpc) is 2.36. The van der Waals surface area contributed by atoms with Crippen molar-refractivity contribution in [3.63, 3.8) is 0 Å². The van der Waals surface area contributed by atoms with Gasteiger partial charge in [-0.3, -0.25) is 0 Å². The summed E-state index contributed by atoms with van der Waals surface area (Å²) in [5, 5.41) is 0. The van der Waals surface area contributed by atoms with E-state index in [9.17, 15) is 0 Å². The van der Waals surface area contributed by atoms with Crippen LogP contribution in [0.4, 0.5) is 0 Å². The van der Waals surface area contributed by atoms with Crippen molar-refractivity contribution < 1.29 is 0 Å². The molecule has 0 saturated carbocycles. The molecule has 0 heterocycles. The third kappa shape index (κ3) is 31.3. The predicted octanol–water partition coefficient (Wildman–Crippen LogP) is 6.51. The van der Waals surface area contributed by atoms with Crippen LogP contribution in [0, 0.1) is 12.8 Å². The molecule has 0 spiro atoms. The fraction of sp³-hybridized carbons (Fsp3) is 0.529. The van der Waals surface area contributed by atoms with Gasteiger partial charge in [-0.15, -0.1) is 13.2 Å². The van der Waals surface area contributed by atoms with E-state index in [0.29, 0.717) is 0 Å². The van der Waals surface area contributed by atoms with Crippen molar-refractivity contribution in [1.82, 2.24) is 0 Å². The molecule has 17 heavy (non-hydrogen) atoms. The lowest BCUT2D eigenvalue weighted by molar-refractivity contribution is 0.626. The quantitative estimate of drug-likeness (QED) is 0.489. The third-order valence-corrected chi connectivity index (χ3v) is 1.76. The van der Waals surface area contributed by atoms with Crippen LogP contribution in [0.25, 0.3) is 0 Å². The van der Waals surface area contributed by atoms with Crippen molar-refractivity contribution in [2.75, 3.05) is 0 Å². The summed E-state index contributed by atoms with van der Waals surface area (Å²) >= 11 is 0. The Morgan fingerprint density at radius 1 is 1.00 bits per heavy atom. The molecule has 0 amide bonds. The first-order chi connectivity index (χ1) is 7.66. The highest BCUT2D eigenvalue weighted by Gasteiger charge is 1.80. The maximum Gasteiger partial charge on any atom is -0.0398 e. The van der Waals surface area contributed by atoms with E-state index in [1.165, 1.54) is 12.0 Å². The average molecular weight is 238 g/mol. The van der Waals surface area contributed by atoms with E-state index in [4.69, 9.17) is 0 Å². The molecular weight excluding hydrogens is 204 g/mol. The zero-order chi connectivity index (χ0) is 13.4. The van der Waals surface area contributed by atoms with Crippen LogP contribution in [0.15, 0.2) is 43.5 Å². The van der Waals surface area contributed by atoms with Crippen molar-refractivity contribution in [1.29, 1.82) is 0 Å². The maximum atomic E-state index is 3.00. The second kappa shape index (κ2) is 24.3. The Bertz CT molecular complexity index is 186. The van der Waals surface area contributed by atoms with Crippen molar-refractivity contribution in [2.24, 2.45) is 5.92 Å².